The molecule has 4 atom stereocenters. The first-order valence-electron chi connectivity index (χ1n) is 15.0. The number of allylic oxidation sites excluding steroid dienone is 10. The zero-order chi connectivity index (χ0) is 32.0. The first-order valence-corrected chi connectivity index (χ1v) is 15.0. The lowest BCUT2D eigenvalue weighted by Gasteiger charge is -2.15. The van der Waals surface area contributed by atoms with E-state index in [1.54, 1.807) is 0 Å². The van der Waals surface area contributed by atoms with Crippen LogP contribution in [0.1, 0.15) is 75.1 Å². The molecule has 1 fully saturated rings. The first-order chi connectivity index (χ1) is 21.3. The number of alkyl carbamates (subject to hydrolysis) is 1. The molecule has 6 N–H and O–H groups in total. The van der Waals surface area contributed by atoms with Crippen molar-refractivity contribution in [2.75, 3.05) is 19.7 Å². The smallest absolute Gasteiger partial charge is 0.407 e. The summed E-state index contributed by atoms with van der Waals surface area (Å²) < 4.78 is 11.6. The lowest BCUT2D eigenvalue weighted by atomic mass is 10.1. The average Bonchev–Trinajstić information content (AvgIpc) is 3.61. The van der Waals surface area contributed by atoms with Gasteiger partial charge in [0.2, 0.25) is 11.7 Å². The van der Waals surface area contributed by atoms with Crippen LogP contribution < -0.4 is 16.4 Å². The molecule has 1 aromatic rings. The number of nitrogens with one attached hydrogen (secondary N) is 2. The minimum atomic E-state index is -1.40. The lowest BCUT2D eigenvalue weighted by Crippen LogP contribution is -2.38. The third kappa shape index (κ3) is 14.4. The normalized spacial score (nSPS) is 20.5. The number of amides is 3. The Kier molecular flexibility index (Phi) is 17.7. The van der Waals surface area contributed by atoms with Gasteiger partial charge in [-0.1, -0.05) is 67.7 Å². The van der Waals surface area contributed by atoms with Crippen LogP contribution in [-0.4, -0.2) is 80.9 Å². The van der Waals surface area contributed by atoms with Crippen molar-refractivity contribution in [3.05, 3.63) is 72.9 Å². The zero-order valence-electron chi connectivity index (χ0n) is 25.3. The molecule has 242 valence electrons. The number of carbonyl (C=O) groups excluding carboxylic acids is 3. The van der Waals surface area contributed by atoms with Crippen molar-refractivity contribution < 1.29 is 34.1 Å². The van der Waals surface area contributed by atoms with Crippen LogP contribution in [0.2, 0.25) is 0 Å². The molecule has 4 unspecified atom stereocenters. The highest BCUT2D eigenvalue weighted by atomic mass is 16.6. The van der Waals surface area contributed by atoms with Crippen molar-refractivity contribution in [2.24, 2.45) is 5.73 Å². The number of aromatic nitrogens is 3. The topological polar surface area (TPSA) is 191 Å². The molecule has 0 radical (unpaired) electrons. The number of hydrogen-bond donors (Lipinski definition) is 5. The van der Waals surface area contributed by atoms with Crippen molar-refractivity contribution in [3.8, 4) is 0 Å². The van der Waals surface area contributed by atoms with Gasteiger partial charge in [-0.25, -0.2) is 14.5 Å². The molecule has 13 nitrogen and oxygen atoms in total. The summed E-state index contributed by atoms with van der Waals surface area (Å²) >= 11 is 0. The van der Waals surface area contributed by atoms with Crippen LogP contribution in [-0.2, 0) is 14.3 Å². The van der Waals surface area contributed by atoms with Gasteiger partial charge in [0.25, 0.3) is 5.91 Å². The van der Waals surface area contributed by atoms with Crippen LogP contribution in [0.4, 0.5) is 4.79 Å². The fourth-order valence-corrected chi connectivity index (χ4v) is 4.01. The Labute approximate surface area is 258 Å². The standard InChI is InChI=1S/C31H46N6O7/c1-2-3-4-5-6-7-8-9-10-11-12-13-14-15-16-17-18-19-25(38)33-20-21-34-31(42)43-22-24-26(39)27(40)30(44-24)37-23-35-29(36-37)28(32)41/h3-4,6-7,9-10,12-13,15-16,23-24,26-27,30,39-40H,2,5,8,11,14,17-22H2,1H3,(H2,32,41)(H,33,38)(H,34,42). The molecule has 1 aliphatic heterocycles. The van der Waals surface area contributed by atoms with Crippen LogP contribution in [0.25, 0.3) is 0 Å². The number of carbonyl (C=O) groups is 3. The Balaban J connectivity index is 1.47. The van der Waals surface area contributed by atoms with E-state index in [9.17, 15) is 24.6 Å². The zero-order valence-corrected chi connectivity index (χ0v) is 25.3. The van der Waals surface area contributed by atoms with Crippen molar-refractivity contribution >= 4 is 17.9 Å². The van der Waals surface area contributed by atoms with Gasteiger partial charge in [-0.05, 0) is 44.9 Å². The highest BCUT2D eigenvalue weighted by Crippen LogP contribution is 2.28. The second-order valence-corrected chi connectivity index (χ2v) is 9.93. The van der Waals surface area contributed by atoms with Crippen LogP contribution in [0.3, 0.4) is 0 Å². The minimum Gasteiger partial charge on any atom is -0.447 e. The number of aliphatic hydroxyl groups excluding tert-OH is 2. The number of aliphatic hydroxyl groups is 2. The molecule has 1 saturated heterocycles. The Hall–Kier alpha value is -4.07. The van der Waals surface area contributed by atoms with Gasteiger partial charge < -0.3 is 36.1 Å². The summed E-state index contributed by atoms with van der Waals surface area (Å²) in [4.78, 5) is 38.8. The van der Waals surface area contributed by atoms with Gasteiger partial charge in [0.05, 0.1) is 0 Å². The summed E-state index contributed by atoms with van der Waals surface area (Å²) in [6, 6.07) is 0. The molecular formula is C31H46N6O7. The molecule has 13 heteroatoms. The number of primary amides is 1. The van der Waals surface area contributed by atoms with E-state index in [0.29, 0.717) is 6.42 Å². The van der Waals surface area contributed by atoms with E-state index < -0.39 is 36.5 Å². The molecule has 0 aliphatic carbocycles. The maximum atomic E-state index is 12.0. The van der Waals surface area contributed by atoms with E-state index in [1.165, 1.54) is 0 Å². The number of nitrogens with two attached hydrogens (primary N) is 1. The van der Waals surface area contributed by atoms with Crippen LogP contribution in [0.5, 0.6) is 0 Å². The predicted molar refractivity (Wildman–Crippen MR) is 165 cm³/mol. The minimum absolute atomic E-state index is 0.109. The maximum absolute atomic E-state index is 12.0. The number of rotatable bonds is 20. The van der Waals surface area contributed by atoms with E-state index in [2.05, 4.69) is 88.4 Å². The summed E-state index contributed by atoms with van der Waals surface area (Å²) in [5, 5.41) is 29.5. The molecule has 0 spiro atoms. The molecule has 0 saturated carbocycles. The molecule has 2 rings (SSSR count). The second kappa shape index (κ2) is 21.6. The number of nitrogens with zero attached hydrogens (tertiary/aromatic N) is 3. The van der Waals surface area contributed by atoms with Crippen molar-refractivity contribution in [1.29, 1.82) is 0 Å². The fourth-order valence-electron chi connectivity index (χ4n) is 4.01. The lowest BCUT2D eigenvalue weighted by molar-refractivity contribution is -0.121. The highest BCUT2D eigenvalue weighted by Gasteiger charge is 2.45. The fraction of sp³-hybridized carbons (Fsp3) is 0.516. The molecule has 44 heavy (non-hydrogen) atoms. The molecule has 0 aromatic carbocycles. The average molecular weight is 615 g/mol. The summed E-state index contributed by atoms with van der Waals surface area (Å²) in [7, 11) is 0. The third-order valence-electron chi connectivity index (χ3n) is 6.35. The van der Waals surface area contributed by atoms with Gasteiger partial charge >= 0.3 is 6.09 Å². The SMILES string of the molecule is CCC=CCC=CCC=CCC=CCC=CCCCC(=O)NCCNC(=O)OCC1OC(n2cnc(C(N)=O)n2)C(O)C1O. The quantitative estimate of drug-likeness (QED) is 0.109. The Bertz CT molecular complexity index is 1160. The summed E-state index contributed by atoms with van der Waals surface area (Å²) in [5.41, 5.74) is 5.11. The molecule has 3 amide bonds. The Morgan fingerprint density at radius 2 is 1.52 bits per heavy atom. The van der Waals surface area contributed by atoms with Gasteiger partial charge in [-0.2, -0.15) is 0 Å². The molecule has 2 heterocycles. The molecule has 0 bridgehead atoms. The van der Waals surface area contributed by atoms with Gasteiger partial charge in [0.15, 0.2) is 6.23 Å². The number of hydrogen-bond acceptors (Lipinski definition) is 9. The van der Waals surface area contributed by atoms with Crippen molar-refractivity contribution in [3.63, 3.8) is 0 Å². The van der Waals surface area contributed by atoms with Crippen LogP contribution in [0.15, 0.2) is 67.1 Å². The second-order valence-electron chi connectivity index (χ2n) is 9.93. The van der Waals surface area contributed by atoms with Crippen LogP contribution >= 0.6 is 0 Å². The Morgan fingerprint density at radius 3 is 2.11 bits per heavy atom. The van der Waals surface area contributed by atoms with Crippen molar-refractivity contribution in [1.82, 2.24) is 25.4 Å². The van der Waals surface area contributed by atoms with Gasteiger partial charge in [0.1, 0.15) is 31.2 Å². The number of ether oxygens (including phenoxy) is 2. The first kappa shape index (κ1) is 36.1. The van der Waals surface area contributed by atoms with E-state index in [1.807, 2.05) is 0 Å². The van der Waals surface area contributed by atoms with Gasteiger partial charge in [-0.15, -0.1) is 5.10 Å². The Morgan fingerprint density at radius 1 is 0.932 bits per heavy atom. The summed E-state index contributed by atoms with van der Waals surface area (Å²) in [5.74, 6) is -1.24. The molecule has 1 aliphatic rings. The van der Waals surface area contributed by atoms with E-state index >= 15 is 0 Å². The molecule has 1 aromatic heterocycles. The largest absolute Gasteiger partial charge is 0.447 e. The number of unbranched alkanes of at least 4 members (excludes halogenated alkanes) is 1. The van der Waals surface area contributed by atoms with E-state index in [-0.39, 0.29) is 31.4 Å². The monoisotopic (exact) mass is 614 g/mol. The van der Waals surface area contributed by atoms with E-state index in [0.717, 1.165) is 56.0 Å². The molecular weight excluding hydrogens is 568 g/mol. The van der Waals surface area contributed by atoms with Crippen LogP contribution in [0, 0.1) is 0 Å². The predicted octanol–water partition coefficient (Wildman–Crippen LogP) is 2.76. The van der Waals surface area contributed by atoms with E-state index in [4.69, 9.17) is 15.2 Å². The summed E-state index contributed by atoms with van der Waals surface area (Å²) in [6.45, 7) is 2.16. The van der Waals surface area contributed by atoms with Gasteiger partial charge in [-0.3, -0.25) is 9.59 Å². The van der Waals surface area contributed by atoms with Gasteiger partial charge in [0, 0.05) is 19.5 Å². The maximum Gasteiger partial charge on any atom is 0.407 e. The third-order valence-corrected chi connectivity index (χ3v) is 6.35. The van der Waals surface area contributed by atoms with Crippen molar-refractivity contribution in [2.45, 2.75) is 82.8 Å². The highest BCUT2D eigenvalue weighted by molar-refractivity contribution is 5.88. The summed E-state index contributed by atoms with van der Waals surface area (Å²) in [6.07, 6.45) is 23.6.